The summed E-state index contributed by atoms with van der Waals surface area (Å²) < 4.78 is 47.4. The van der Waals surface area contributed by atoms with Crippen molar-refractivity contribution in [2.24, 2.45) is 5.92 Å². The van der Waals surface area contributed by atoms with Crippen molar-refractivity contribution in [1.29, 1.82) is 0 Å². The Morgan fingerprint density at radius 3 is 2.60 bits per heavy atom. The van der Waals surface area contributed by atoms with Crippen LogP contribution in [0, 0.1) is 11.7 Å². The van der Waals surface area contributed by atoms with E-state index in [0.29, 0.717) is 43.2 Å². The molecule has 1 aromatic rings. The summed E-state index contributed by atoms with van der Waals surface area (Å²) in [6, 6.07) is 2.12. The normalized spacial score (nSPS) is 30.1. The Morgan fingerprint density at radius 2 is 1.87 bits per heavy atom. The van der Waals surface area contributed by atoms with Gasteiger partial charge in [0.2, 0.25) is 21.8 Å². The van der Waals surface area contributed by atoms with Crippen LogP contribution >= 0.6 is 0 Å². The summed E-state index contributed by atoms with van der Waals surface area (Å²) in [7, 11) is -3.92. The van der Waals surface area contributed by atoms with Gasteiger partial charge in [-0.25, -0.2) is 22.4 Å². The predicted octanol–water partition coefficient (Wildman–Crippen LogP) is 1.89. The number of hydrogen-bond acceptors (Lipinski definition) is 8. The van der Waals surface area contributed by atoms with Crippen LogP contribution in [0.2, 0.25) is 0 Å². The Bertz CT molecular complexity index is 1620. The molecule has 0 spiro atoms. The third-order valence-electron chi connectivity index (χ3n) is 9.59. The smallest absolute Gasteiger partial charge is 0.410 e. The van der Waals surface area contributed by atoms with E-state index in [1.165, 1.54) is 11.0 Å². The molecule has 254 valence electrons. The fourth-order valence-corrected chi connectivity index (χ4v) is 8.09. The standard InChI is InChI=1S/C31H38FN5O9S/c32-23-9-6-7-18-15-36(17-22(18)23)30(43)46-20-13-25-26(38)34-31(28(40)35-47(44,45)21-11-12-21)14-19(31)8-4-2-1-3-5-10-24(33-29(41)42)27(39)37(25)16-20/h4,6-9,19-21,24-25,33H,1-3,5,10-17H2,(H,34,38)(H,35,40)(H,41,42)/b8-4-/t19-,20-,24+,25+,31-/m1/s1. The monoisotopic (exact) mass is 675 g/mol. The molecule has 2 aliphatic carbocycles. The van der Waals surface area contributed by atoms with Crippen LogP contribution < -0.4 is 15.4 Å². The fraction of sp³-hybridized carbons (Fsp3) is 0.581. The van der Waals surface area contributed by atoms with E-state index < -0.39 is 80.6 Å². The second-order valence-corrected chi connectivity index (χ2v) is 15.0. The number of carbonyl (C=O) groups is 5. The molecule has 14 nitrogen and oxygen atoms in total. The molecule has 0 unspecified atom stereocenters. The average Bonchev–Trinajstić information content (AvgIpc) is 3.89. The van der Waals surface area contributed by atoms with E-state index in [1.807, 2.05) is 6.08 Å². The van der Waals surface area contributed by atoms with Gasteiger partial charge >= 0.3 is 12.2 Å². The van der Waals surface area contributed by atoms with Gasteiger partial charge in [-0.3, -0.25) is 24.0 Å². The third-order valence-corrected chi connectivity index (χ3v) is 11.4. The molecule has 3 fully saturated rings. The van der Waals surface area contributed by atoms with Crippen LogP contribution in [0.15, 0.2) is 30.4 Å². The molecular weight excluding hydrogens is 637 g/mol. The van der Waals surface area contributed by atoms with Crippen molar-refractivity contribution in [2.45, 2.75) is 99.9 Å². The van der Waals surface area contributed by atoms with Crippen molar-refractivity contribution in [3.8, 4) is 0 Å². The number of rotatable bonds is 5. The third kappa shape index (κ3) is 6.92. The zero-order chi connectivity index (χ0) is 33.5. The van der Waals surface area contributed by atoms with Crippen LogP contribution in [0.3, 0.4) is 0 Å². The van der Waals surface area contributed by atoms with Gasteiger partial charge in [0.05, 0.1) is 18.3 Å². The van der Waals surface area contributed by atoms with E-state index in [2.05, 4.69) is 15.4 Å². The largest absolute Gasteiger partial charge is 0.465 e. The minimum atomic E-state index is -3.92. The lowest BCUT2D eigenvalue weighted by Crippen LogP contribution is -2.58. The number of fused-ring (bicyclic) bond motifs is 3. The van der Waals surface area contributed by atoms with Gasteiger partial charge in [-0.05, 0) is 50.2 Å². The minimum absolute atomic E-state index is 0.0129. The van der Waals surface area contributed by atoms with Crippen LogP contribution in [0.25, 0.3) is 0 Å². The summed E-state index contributed by atoms with van der Waals surface area (Å²) in [5.41, 5.74) is -0.553. The SMILES string of the molecule is O=C(O)N[C@H]1CCCCC/C=C\[C@@H]2C[C@@]2(C(=O)NS(=O)(=O)C2CC2)NC(=O)[C@@H]2C[C@@H](OC(=O)N3Cc4cccc(F)c4C3)CN2C1=O. The Labute approximate surface area is 271 Å². The molecule has 1 aromatic carbocycles. The second kappa shape index (κ2) is 12.8. The number of carbonyl (C=O) groups excluding carboxylic acids is 4. The zero-order valence-corrected chi connectivity index (χ0v) is 26.5. The zero-order valence-electron chi connectivity index (χ0n) is 25.7. The van der Waals surface area contributed by atoms with Gasteiger partial charge in [-0.1, -0.05) is 37.1 Å². The first-order valence-corrected chi connectivity index (χ1v) is 17.5. The van der Waals surface area contributed by atoms with Crippen molar-refractivity contribution in [3.63, 3.8) is 0 Å². The molecule has 4 N–H and O–H groups in total. The lowest BCUT2D eigenvalue weighted by Gasteiger charge is -2.29. The average molecular weight is 676 g/mol. The van der Waals surface area contributed by atoms with E-state index in [-0.39, 0.29) is 38.9 Å². The molecule has 47 heavy (non-hydrogen) atoms. The van der Waals surface area contributed by atoms with Crippen LogP contribution in [-0.2, 0) is 42.2 Å². The van der Waals surface area contributed by atoms with Gasteiger partial charge in [0.1, 0.15) is 29.5 Å². The van der Waals surface area contributed by atoms with E-state index >= 15 is 0 Å². The molecule has 6 rings (SSSR count). The van der Waals surface area contributed by atoms with Crippen molar-refractivity contribution < 1.29 is 46.6 Å². The van der Waals surface area contributed by atoms with Crippen LogP contribution in [0.4, 0.5) is 14.0 Å². The predicted molar refractivity (Wildman–Crippen MR) is 162 cm³/mol. The van der Waals surface area contributed by atoms with Gasteiger partial charge in [0.15, 0.2) is 0 Å². The number of halogens is 1. The first kappa shape index (κ1) is 32.7. The van der Waals surface area contributed by atoms with Gasteiger partial charge in [0.25, 0.3) is 5.91 Å². The van der Waals surface area contributed by atoms with E-state index in [0.717, 1.165) is 11.3 Å². The molecule has 5 amide bonds. The Morgan fingerprint density at radius 1 is 1.09 bits per heavy atom. The number of allylic oxidation sites excluding steroid dienone is 1. The summed E-state index contributed by atoms with van der Waals surface area (Å²) >= 11 is 0. The van der Waals surface area contributed by atoms with Gasteiger partial charge in [-0.15, -0.1) is 0 Å². The first-order valence-electron chi connectivity index (χ1n) is 15.9. The van der Waals surface area contributed by atoms with Crippen molar-refractivity contribution in [2.75, 3.05) is 6.54 Å². The second-order valence-electron chi connectivity index (χ2n) is 13.0. The Balaban J connectivity index is 1.24. The number of nitrogens with zero attached hydrogens (tertiary/aromatic N) is 2. The molecule has 0 aromatic heterocycles. The molecule has 16 heteroatoms. The maximum atomic E-state index is 14.3. The van der Waals surface area contributed by atoms with Gasteiger partial charge in [0, 0.05) is 24.4 Å². The van der Waals surface area contributed by atoms with Crippen LogP contribution in [0.5, 0.6) is 0 Å². The maximum Gasteiger partial charge on any atom is 0.410 e. The topological polar surface area (TPSA) is 192 Å². The van der Waals surface area contributed by atoms with Crippen molar-refractivity contribution in [1.82, 2.24) is 25.2 Å². The molecule has 0 bridgehead atoms. The Hall–Kier alpha value is -4.21. The lowest BCUT2D eigenvalue weighted by atomic mass is 10.1. The van der Waals surface area contributed by atoms with Crippen molar-refractivity contribution >= 4 is 39.9 Å². The van der Waals surface area contributed by atoms with Crippen molar-refractivity contribution in [3.05, 3.63) is 47.3 Å². The Kier molecular flexibility index (Phi) is 8.89. The molecule has 1 saturated heterocycles. The minimum Gasteiger partial charge on any atom is -0.465 e. The number of benzene rings is 1. The highest BCUT2D eigenvalue weighted by atomic mass is 32.2. The fourth-order valence-electron chi connectivity index (χ4n) is 6.72. The molecular formula is C31H38FN5O9S. The van der Waals surface area contributed by atoms with E-state index in [4.69, 9.17) is 4.74 Å². The molecule has 5 aliphatic rings. The number of hydrogen-bond donors (Lipinski definition) is 4. The van der Waals surface area contributed by atoms with E-state index in [1.54, 1.807) is 18.2 Å². The summed E-state index contributed by atoms with van der Waals surface area (Å²) in [5.74, 6) is -3.23. The van der Waals surface area contributed by atoms with Gasteiger partial charge in [-0.2, -0.15) is 0 Å². The number of sulfonamides is 1. The number of amides is 5. The van der Waals surface area contributed by atoms with Gasteiger partial charge < -0.3 is 25.4 Å². The molecule has 0 radical (unpaired) electrons. The summed E-state index contributed by atoms with van der Waals surface area (Å²) in [6.07, 6.45) is 4.13. The highest BCUT2D eigenvalue weighted by molar-refractivity contribution is 7.91. The van der Waals surface area contributed by atoms with Crippen LogP contribution in [0.1, 0.15) is 68.9 Å². The highest BCUT2D eigenvalue weighted by Crippen LogP contribution is 2.46. The number of carboxylic acid groups (broad SMARTS) is 1. The molecule has 5 atom stereocenters. The first-order chi connectivity index (χ1) is 22.4. The summed E-state index contributed by atoms with van der Waals surface area (Å²) in [4.78, 5) is 68.5. The molecule has 3 heterocycles. The maximum absolute atomic E-state index is 14.3. The quantitative estimate of drug-likeness (QED) is 0.338. The molecule has 3 aliphatic heterocycles. The van der Waals surface area contributed by atoms with Crippen LogP contribution in [-0.4, -0.2) is 88.8 Å². The lowest BCUT2D eigenvalue weighted by molar-refractivity contribution is -0.141. The highest BCUT2D eigenvalue weighted by Gasteiger charge is 2.62. The van der Waals surface area contributed by atoms with E-state index in [9.17, 15) is 41.9 Å². The number of ether oxygens (including phenoxy) is 1. The summed E-state index contributed by atoms with van der Waals surface area (Å²) in [6.45, 7) is -0.124. The molecule has 2 saturated carbocycles. The number of nitrogens with one attached hydrogen (secondary N) is 3. The summed E-state index contributed by atoms with van der Waals surface area (Å²) in [5, 5.41) is 13.8.